The molecule has 0 radical (unpaired) electrons. The first-order chi connectivity index (χ1) is 15.7. The minimum atomic E-state index is -0.476. The van der Waals surface area contributed by atoms with Gasteiger partial charge in [-0.15, -0.1) is 0 Å². The standard InChI is InChI=1S/C25H17FN2O3S/c26-16-5-3-4-14(10-16)12-32-25-27-22(15-8-9-19-20(11-15)31-13-30-19)21-23(28-25)17-6-1-2-7-18(17)24(21)29/h1-11,22H,12-13H2,(H,27,28)/t22-/m1/s1. The number of rotatable bonds is 3. The van der Waals surface area contributed by atoms with Crippen molar-refractivity contribution in [3.8, 4) is 11.5 Å². The van der Waals surface area contributed by atoms with E-state index < -0.39 is 6.04 Å². The minimum absolute atomic E-state index is 0.0244. The number of carbonyl (C=O) groups excluding carboxylic acids is 1. The predicted octanol–water partition coefficient (Wildman–Crippen LogP) is 5.10. The topological polar surface area (TPSA) is 59.9 Å². The van der Waals surface area contributed by atoms with Crippen LogP contribution in [0.3, 0.4) is 0 Å². The number of hydrogen-bond acceptors (Lipinski definition) is 6. The van der Waals surface area contributed by atoms with Crippen LogP contribution in [0.4, 0.5) is 4.39 Å². The van der Waals surface area contributed by atoms with Crippen LogP contribution in [-0.4, -0.2) is 17.7 Å². The van der Waals surface area contributed by atoms with E-state index in [0.29, 0.717) is 33.6 Å². The zero-order valence-corrected chi connectivity index (χ0v) is 17.6. The molecule has 0 spiro atoms. The molecule has 0 fully saturated rings. The minimum Gasteiger partial charge on any atom is -0.454 e. The first kappa shape index (κ1) is 19.1. The van der Waals surface area contributed by atoms with Crippen LogP contribution in [0.5, 0.6) is 11.5 Å². The van der Waals surface area contributed by atoms with Crippen molar-refractivity contribution in [2.75, 3.05) is 6.79 Å². The van der Waals surface area contributed by atoms with Gasteiger partial charge in [0.15, 0.2) is 22.4 Å². The molecule has 6 rings (SSSR count). The second-order valence-electron chi connectivity index (χ2n) is 7.66. The van der Waals surface area contributed by atoms with Crippen LogP contribution in [0, 0.1) is 5.82 Å². The maximum Gasteiger partial charge on any atom is 0.231 e. The Morgan fingerprint density at radius 3 is 2.72 bits per heavy atom. The van der Waals surface area contributed by atoms with Crippen molar-refractivity contribution in [2.45, 2.75) is 11.8 Å². The fraction of sp³-hybridized carbons (Fsp3) is 0.120. The number of amidine groups is 1. The number of Topliss-reactive ketones (excluding diaryl/α,β-unsaturated/α-hetero) is 1. The van der Waals surface area contributed by atoms with Crippen LogP contribution in [-0.2, 0) is 5.75 Å². The monoisotopic (exact) mass is 444 g/mol. The lowest BCUT2D eigenvalue weighted by atomic mass is 9.95. The molecule has 0 bridgehead atoms. The third kappa shape index (κ3) is 3.17. The van der Waals surface area contributed by atoms with Crippen LogP contribution >= 0.6 is 11.8 Å². The molecule has 1 N–H and O–H groups in total. The molecule has 0 amide bonds. The van der Waals surface area contributed by atoms with E-state index >= 15 is 0 Å². The van der Waals surface area contributed by atoms with E-state index in [1.54, 1.807) is 6.07 Å². The van der Waals surface area contributed by atoms with Crippen LogP contribution in [0.15, 0.2) is 77.3 Å². The first-order valence-electron chi connectivity index (χ1n) is 10.2. The quantitative estimate of drug-likeness (QED) is 0.609. The molecule has 5 nitrogen and oxygen atoms in total. The Morgan fingerprint density at radius 1 is 1.00 bits per heavy atom. The van der Waals surface area contributed by atoms with Gasteiger partial charge in [-0.2, -0.15) is 0 Å². The van der Waals surface area contributed by atoms with E-state index in [9.17, 15) is 9.18 Å². The van der Waals surface area contributed by atoms with Crippen molar-refractivity contribution in [2.24, 2.45) is 4.99 Å². The highest BCUT2D eigenvalue weighted by atomic mass is 32.2. The highest BCUT2D eigenvalue weighted by Crippen LogP contribution is 2.45. The Hall–Kier alpha value is -3.58. The molecule has 3 aromatic carbocycles. The molecule has 1 aliphatic carbocycles. The molecule has 3 aromatic rings. The number of carbonyl (C=O) groups is 1. The molecule has 2 aliphatic heterocycles. The average Bonchev–Trinajstić information content (AvgIpc) is 3.40. The summed E-state index contributed by atoms with van der Waals surface area (Å²) >= 11 is 1.48. The van der Waals surface area contributed by atoms with E-state index in [0.717, 1.165) is 22.4 Å². The van der Waals surface area contributed by atoms with Crippen LogP contribution < -0.4 is 14.8 Å². The predicted molar refractivity (Wildman–Crippen MR) is 121 cm³/mol. The summed E-state index contributed by atoms with van der Waals surface area (Å²) in [6.45, 7) is 0.182. The van der Waals surface area contributed by atoms with Gasteiger partial charge < -0.3 is 14.8 Å². The second-order valence-corrected chi connectivity index (χ2v) is 8.62. The second kappa shape index (κ2) is 7.53. The summed E-state index contributed by atoms with van der Waals surface area (Å²) in [6.07, 6.45) is 0. The number of fused-ring (bicyclic) bond motifs is 3. The van der Waals surface area contributed by atoms with Gasteiger partial charge in [-0.1, -0.05) is 54.2 Å². The number of nitrogens with one attached hydrogen (secondary N) is 1. The van der Waals surface area contributed by atoms with Crippen molar-refractivity contribution < 1.29 is 18.7 Å². The normalized spacial score (nSPS) is 18.2. The number of aliphatic imine (C=N–C) groups is 1. The Kier molecular flexibility index (Phi) is 4.50. The zero-order valence-electron chi connectivity index (χ0n) is 16.8. The Balaban J connectivity index is 1.39. The van der Waals surface area contributed by atoms with Crippen molar-refractivity contribution >= 4 is 28.4 Å². The maximum atomic E-state index is 13.6. The fourth-order valence-electron chi connectivity index (χ4n) is 4.20. The smallest absolute Gasteiger partial charge is 0.231 e. The van der Waals surface area contributed by atoms with Crippen molar-refractivity contribution in [3.05, 3.63) is 100 Å². The molecular formula is C25H17FN2O3S. The van der Waals surface area contributed by atoms with E-state index in [-0.39, 0.29) is 18.4 Å². The molecule has 32 heavy (non-hydrogen) atoms. The Morgan fingerprint density at radius 2 is 1.84 bits per heavy atom. The first-order valence-corrected chi connectivity index (χ1v) is 11.2. The van der Waals surface area contributed by atoms with Gasteiger partial charge in [0.2, 0.25) is 6.79 Å². The third-order valence-corrected chi connectivity index (χ3v) is 6.64. The van der Waals surface area contributed by atoms with Crippen molar-refractivity contribution in [1.82, 2.24) is 5.32 Å². The number of halogens is 1. The number of benzene rings is 3. The van der Waals surface area contributed by atoms with E-state index in [4.69, 9.17) is 14.5 Å². The van der Waals surface area contributed by atoms with Gasteiger partial charge in [0.1, 0.15) is 11.9 Å². The van der Waals surface area contributed by atoms with Crippen LogP contribution in [0.1, 0.15) is 33.1 Å². The lowest BCUT2D eigenvalue weighted by Gasteiger charge is -2.24. The number of thioether (sulfide) groups is 1. The third-order valence-electron chi connectivity index (χ3n) is 5.68. The molecule has 2 heterocycles. The summed E-state index contributed by atoms with van der Waals surface area (Å²) in [5, 5.41) is 4.04. The highest BCUT2D eigenvalue weighted by Gasteiger charge is 2.38. The van der Waals surface area contributed by atoms with Gasteiger partial charge in [-0.05, 0) is 35.4 Å². The number of nitrogens with zero attached hydrogens (tertiary/aromatic N) is 1. The summed E-state index contributed by atoms with van der Waals surface area (Å²) in [5.41, 5.74) is 4.67. The van der Waals surface area contributed by atoms with Gasteiger partial charge >= 0.3 is 0 Å². The van der Waals surface area contributed by atoms with Gasteiger partial charge in [0.25, 0.3) is 0 Å². The lowest BCUT2D eigenvalue weighted by Crippen LogP contribution is -2.27. The average molecular weight is 444 g/mol. The zero-order chi connectivity index (χ0) is 21.7. The van der Waals surface area contributed by atoms with Crippen LogP contribution in [0.2, 0.25) is 0 Å². The van der Waals surface area contributed by atoms with Crippen LogP contribution in [0.25, 0.3) is 5.70 Å². The lowest BCUT2D eigenvalue weighted by molar-refractivity contribution is 0.103. The van der Waals surface area contributed by atoms with E-state index in [1.807, 2.05) is 48.5 Å². The summed E-state index contributed by atoms with van der Waals surface area (Å²) in [4.78, 5) is 18.2. The Bertz CT molecular complexity index is 1330. The van der Waals surface area contributed by atoms with E-state index in [1.165, 1.54) is 23.9 Å². The van der Waals surface area contributed by atoms with Gasteiger partial charge in [0.05, 0.1) is 11.3 Å². The molecule has 0 unspecified atom stereocenters. The SMILES string of the molecule is O=C1C2=C(NC(SCc3cccc(F)c3)=N[C@@H]2c2ccc3c(c2)OCO3)c2ccccc21. The van der Waals surface area contributed by atoms with Gasteiger partial charge in [-0.3, -0.25) is 4.79 Å². The van der Waals surface area contributed by atoms with E-state index in [2.05, 4.69) is 5.32 Å². The number of hydrogen-bond donors (Lipinski definition) is 1. The Labute approximate surface area is 188 Å². The molecule has 3 aliphatic rings. The fourth-order valence-corrected chi connectivity index (χ4v) is 5.03. The summed E-state index contributed by atoms with van der Waals surface area (Å²) in [5.74, 6) is 1.59. The molecule has 7 heteroatoms. The molecule has 158 valence electrons. The van der Waals surface area contributed by atoms with Crippen molar-refractivity contribution in [1.29, 1.82) is 0 Å². The summed E-state index contributed by atoms with van der Waals surface area (Å²) in [7, 11) is 0. The molecule has 0 saturated heterocycles. The van der Waals surface area contributed by atoms with Crippen molar-refractivity contribution in [3.63, 3.8) is 0 Å². The largest absolute Gasteiger partial charge is 0.454 e. The molecule has 0 aromatic heterocycles. The highest BCUT2D eigenvalue weighted by molar-refractivity contribution is 8.13. The molecule has 0 saturated carbocycles. The van der Waals surface area contributed by atoms with Gasteiger partial charge in [-0.25, -0.2) is 9.38 Å². The summed E-state index contributed by atoms with van der Waals surface area (Å²) < 4.78 is 24.6. The molecule has 1 atom stereocenters. The number of ether oxygens (including phenoxy) is 2. The molecular weight excluding hydrogens is 427 g/mol. The summed E-state index contributed by atoms with van der Waals surface area (Å²) in [6, 6.07) is 19.3. The van der Waals surface area contributed by atoms with Gasteiger partial charge in [0, 0.05) is 16.9 Å². The number of ketones is 1. The maximum absolute atomic E-state index is 13.6.